The summed E-state index contributed by atoms with van der Waals surface area (Å²) in [4.78, 5) is 19.4. The van der Waals surface area contributed by atoms with Gasteiger partial charge in [-0.25, -0.2) is 27.7 Å². The summed E-state index contributed by atoms with van der Waals surface area (Å²) in [5.41, 5.74) is 6.47. The average molecular weight is 437 g/mol. The van der Waals surface area contributed by atoms with Gasteiger partial charge in [0.2, 0.25) is 0 Å². The van der Waals surface area contributed by atoms with Crippen molar-refractivity contribution >= 4 is 23.5 Å². The highest BCUT2D eigenvalue weighted by molar-refractivity contribution is 6.31. The summed E-state index contributed by atoms with van der Waals surface area (Å²) >= 11 is 5.86. The van der Waals surface area contributed by atoms with Crippen molar-refractivity contribution in [2.75, 3.05) is 7.05 Å². The Hall–Kier alpha value is -3.24. The van der Waals surface area contributed by atoms with Crippen LogP contribution in [0.3, 0.4) is 0 Å². The molecule has 11 heteroatoms. The van der Waals surface area contributed by atoms with Crippen LogP contribution in [-0.2, 0) is 6.54 Å². The molecule has 2 N–H and O–H groups in total. The fourth-order valence-corrected chi connectivity index (χ4v) is 3.07. The van der Waals surface area contributed by atoms with Gasteiger partial charge in [-0.15, -0.1) is 0 Å². The van der Waals surface area contributed by atoms with Crippen molar-refractivity contribution in [3.63, 3.8) is 0 Å². The number of fused-ring (bicyclic) bond motifs is 1. The fourth-order valence-electron chi connectivity index (χ4n) is 2.89. The Bertz CT molecular complexity index is 1190. The zero-order valence-corrected chi connectivity index (χ0v) is 16.4. The molecule has 0 aliphatic heterocycles. The first kappa shape index (κ1) is 21.5. The van der Waals surface area contributed by atoms with Crippen molar-refractivity contribution in [3.8, 4) is 22.6 Å². The molecule has 30 heavy (non-hydrogen) atoms. The zero-order valence-electron chi connectivity index (χ0n) is 15.6. The Morgan fingerprint density at radius 1 is 1.20 bits per heavy atom. The van der Waals surface area contributed by atoms with Crippen molar-refractivity contribution in [1.82, 2.24) is 24.1 Å². The van der Waals surface area contributed by atoms with Crippen molar-refractivity contribution in [3.05, 3.63) is 59.4 Å². The van der Waals surface area contributed by atoms with Crippen molar-refractivity contribution < 1.29 is 18.0 Å². The second-order valence-electron chi connectivity index (χ2n) is 5.90. The second-order valence-corrected chi connectivity index (χ2v) is 6.31. The quantitative estimate of drug-likeness (QED) is 0.482. The summed E-state index contributed by atoms with van der Waals surface area (Å²) in [6, 6.07) is 7.18. The summed E-state index contributed by atoms with van der Waals surface area (Å²) in [6.07, 6.45) is 0.582. The molecule has 0 radical (unpaired) electrons. The Kier molecular flexibility index (Phi) is 6.48. The van der Waals surface area contributed by atoms with Crippen LogP contribution in [0, 0.1) is 5.82 Å². The van der Waals surface area contributed by atoms with Crippen LogP contribution in [0.15, 0.2) is 42.9 Å². The lowest BCUT2D eigenvalue weighted by atomic mass is 10.1. The van der Waals surface area contributed by atoms with E-state index >= 15 is 0 Å². The number of aromatic nitrogens is 5. The van der Waals surface area contributed by atoms with Crippen LogP contribution in [0.1, 0.15) is 10.5 Å². The van der Waals surface area contributed by atoms with Crippen LogP contribution < -0.4 is 5.73 Å². The lowest BCUT2D eigenvalue weighted by Crippen LogP contribution is -2.08. The van der Waals surface area contributed by atoms with Gasteiger partial charge in [-0.3, -0.25) is 4.79 Å². The Labute approximate surface area is 173 Å². The molecule has 0 aliphatic rings. The number of benzene rings is 1. The van der Waals surface area contributed by atoms with Gasteiger partial charge in [0, 0.05) is 5.56 Å². The summed E-state index contributed by atoms with van der Waals surface area (Å²) in [7, 11) is 1.50. The van der Waals surface area contributed by atoms with E-state index in [-0.39, 0.29) is 16.4 Å². The molecule has 0 fully saturated rings. The number of halogens is 4. The van der Waals surface area contributed by atoms with Crippen molar-refractivity contribution in [2.24, 2.45) is 5.73 Å². The van der Waals surface area contributed by atoms with E-state index < -0.39 is 18.8 Å². The number of carbonyl (C=O) groups excluding carboxylic acids is 1. The highest BCUT2D eigenvalue weighted by Gasteiger charge is 2.20. The third-order valence-electron chi connectivity index (χ3n) is 4.12. The maximum atomic E-state index is 13.5. The SMILES string of the molecule is CN.O=Cc1cnc2ccc(-c3c(-c4ccc(F)c(Cl)c4)ncn3CC(F)F)nn12. The van der Waals surface area contributed by atoms with E-state index in [0.717, 1.165) is 0 Å². The molecule has 0 spiro atoms. The number of imidazole rings is 2. The molecule has 0 amide bonds. The summed E-state index contributed by atoms with van der Waals surface area (Å²) in [5, 5.41) is 4.24. The average Bonchev–Trinajstić information content (AvgIpc) is 3.34. The van der Waals surface area contributed by atoms with Gasteiger partial charge in [0.15, 0.2) is 11.9 Å². The molecule has 0 aliphatic carbocycles. The van der Waals surface area contributed by atoms with E-state index in [1.807, 2.05) is 0 Å². The molecule has 4 rings (SSSR count). The van der Waals surface area contributed by atoms with Crippen LogP contribution in [-0.4, -0.2) is 43.9 Å². The number of nitrogens with two attached hydrogens (primary N) is 1. The molecule has 3 heterocycles. The van der Waals surface area contributed by atoms with Crippen LogP contribution in [0.4, 0.5) is 13.2 Å². The van der Waals surface area contributed by atoms with E-state index in [1.54, 1.807) is 12.1 Å². The Morgan fingerprint density at radius 2 is 1.97 bits per heavy atom. The van der Waals surface area contributed by atoms with E-state index in [0.29, 0.717) is 28.9 Å². The number of hydrogen-bond donors (Lipinski definition) is 1. The predicted octanol–water partition coefficient (Wildman–Crippen LogP) is 3.70. The lowest BCUT2D eigenvalue weighted by molar-refractivity contribution is 0.111. The molecule has 0 unspecified atom stereocenters. The smallest absolute Gasteiger partial charge is 0.256 e. The van der Waals surface area contributed by atoms with Crippen molar-refractivity contribution in [1.29, 1.82) is 0 Å². The van der Waals surface area contributed by atoms with Crippen molar-refractivity contribution in [2.45, 2.75) is 13.0 Å². The lowest BCUT2D eigenvalue weighted by Gasteiger charge is -2.10. The minimum atomic E-state index is -2.62. The van der Waals surface area contributed by atoms with Crippen LogP contribution in [0.25, 0.3) is 28.3 Å². The number of hydrogen-bond acceptors (Lipinski definition) is 5. The number of carbonyl (C=O) groups is 1. The number of aldehydes is 1. The maximum Gasteiger partial charge on any atom is 0.256 e. The van der Waals surface area contributed by atoms with Gasteiger partial charge in [0.25, 0.3) is 6.43 Å². The van der Waals surface area contributed by atoms with Gasteiger partial charge in [0.1, 0.15) is 17.2 Å². The molecule has 0 bridgehead atoms. The molecule has 3 aromatic heterocycles. The van der Waals surface area contributed by atoms with E-state index in [9.17, 15) is 18.0 Å². The summed E-state index contributed by atoms with van der Waals surface area (Å²) < 4.78 is 42.2. The van der Waals surface area contributed by atoms with Gasteiger partial charge < -0.3 is 10.3 Å². The van der Waals surface area contributed by atoms with E-state index in [1.165, 1.54) is 46.9 Å². The molecule has 1 aromatic carbocycles. The summed E-state index contributed by atoms with van der Waals surface area (Å²) in [6.45, 7) is -0.610. The minimum absolute atomic E-state index is 0.117. The van der Waals surface area contributed by atoms with Gasteiger partial charge in [0.05, 0.1) is 35.5 Å². The molecular formula is C19H16ClF3N6O. The first-order valence-electron chi connectivity index (χ1n) is 8.64. The molecule has 7 nitrogen and oxygen atoms in total. The first-order valence-corrected chi connectivity index (χ1v) is 9.02. The number of rotatable bonds is 5. The first-order chi connectivity index (χ1) is 14.5. The number of alkyl halides is 2. The van der Waals surface area contributed by atoms with Crippen LogP contribution >= 0.6 is 11.6 Å². The molecule has 0 saturated carbocycles. The number of nitrogens with zero attached hydrogens (tertiary/aromatic N) is 5. The Morgan fingerprint density at radius 3 is 2.63 bits per heavy atom. The van der Waals surface area contributed by atoms with Gasteiger partial charge in [-0.1, -0.05) is 11.6 Å². The summed E-state index contributed by atoms with van der Waals surface area (Å²) in [5.74, 6) is -0.604. The second kappa shape index (κ2) is 9.06. The predicted molar refractivity (Wildman–Crippen MR) is 106 cm³/mol. The minimum Gasteiger partial charge on any atom is -0.333 e. The third kappa shape index (κ3) is 4.05. The fraction of sp³-hybridized carbons (Fsp3) is 0.158. The molecule has 0 atom stereocenters. The molecular weight excluding hydrogens is 421 g/mol. The normalized spacial score (nSPS) is 10.9. The largest absolute Gasteiger partial charge is 0.333 e. The van der Waals surface area contributed by atoms with Gasteiger partial charge in [-0.2, -0.15) is 5.10 Å². The highest BCUT2D eigenvalue weighted by atomic mass is 35.5. The highest BCUT2D eigenvalue weighted by Crippen LogP contribution is 2.32. The third-order valence-corrected chi connectivity index (χ3v) is 4.41. The molecule has 0 saturated heterocycles. The van der Waals surface area contributed by atoms with E-state index in [2.05, 4.69) is 20.8 Å². The zero-order chi connectivity index (χ0) is 21.8. The van der Waals surface area contributed by atoms with Crippen LogP contribution in [0.2, 0.25) is 5.02 Å². The van der Waals surface area contributed by atoms with Gasteiger partial charge in [-0.05, 0) is 37.4 Å². The van der Waals surface area contributed by atoms with E-state index in [4.69, 9.17) is 11.6 Å². The monoisotopic (exact) mass is 436 g/mol. The molecule has 4 aromatic rings. The van der Waals surface area contributed by atoms with Gasteiger partial charge >= 0.3 is 0 Å². The Balaban J connectivity index is 0.00000124. The maximum absolute atomic E-state index is 13.5. The molecule has 156 valence electrons. The van der Waals surface area contributed by atoms with Crippen LogP contribution in [0.5, 0.6) is 0 Å². The topological polar surface area (TPSA) is 91.1 Å². The standard InChI is InChI=1S/C18H11ClF3N5O.CH5N/c19-12-5-10(1-2-13(12)20)17-18(26(9-24-17)7-15(21)22)14-3-4-16-23-6-11(8-28)27(16)25-14;1-2/h1-6,8-9,15H,7H2;2H2,1H3.